The maximum atomic E-state index is 13.9. The van der Waals surface area contributed by atoms with Crippen LogP contribution in [0.1, 0.15) is 22.7 Å². The van der Waals surface area contributed by atoms with Gasteiger partial charge in [0.05, 0.1) is 43.2 Å². The van der Waals surface area contributed by atoms with E-state index in [1.165, 1.54) is 44.4 Å². The highest BCUT2D eigenvalue weighted by Crippen LogP contribution is 2.48. The number of nitrogens with zero attached hydrogens (tertiary/aromatic N) is 2. The second kappa shape index (κ2) is 9.79. The number of Topliss-reactive ketones (excluding diaryl/α,β-unsaturated/α-hetero) is 1. The Morgan fingerprint density at radius 3 is 2.24 bits per heavy atom. The van der Waals surface area contributed by atoms with Gasteiger partial charge in [0.2, 0.25) is 5.75 Å². The summed E-state index contributed by atoms with van der Waals surface area (Å²) < 4.78 is 30.8. The first-order valence-corrected chi connectivity index (χ1v) is 12.3. The smallest absolute Gasteiger partial charge is 0.301 e. The van der Waals surface area contributed by atoms with E-state index in [2.05, 4.69) is 4.98 Å². The molecule has 0 radical (unpaired) electrons. The van der Waals surface area contributed by atoms with E-state index < -0.39 is 23.5 Å². The molecule has 8 nitrogen and oxygen atoms in total. The molecule has 2 heterocycles. The van der Waals surface area contributed by atoms with E-state index in [1.807, 2.05) is 6.92 Å². The van der Waals surface area contributed by atoms with Crippen LogP contribution in [0.4, 0.5) is 9.52 Å². The third-order valence-electron chi connectivity index (χ3n) is 6.32. The normalized spacial score (nSPS) is 16.8. The highest BCUT2D eigenvalue weighted by molar-refractivity contribution is 7.22. The van der Waals surface area contributed by atoms with Crippen molar-refractivity contribution in [1.29, 1.82) is 0 Å². The first-order chi connectivity index (χ1) is 18.3. The van der Waals surface area contributed by atoms with Gasteiger partial charge < -0.3 is 19.3 Å². The Labute approximate surface area is 221 Å². The van der Waals surface area contributed by atoms with Gasteiger partial charge in [-0.1, -0.05) is 41.2 Å². The van der Waals surface area contributed by atoms with Crippen molar-refractivity contribution in [1.82, 2.24) is 4.98 Å². The number of rotatable bonds is 6. The minimum atomic E-state index is -1.09. The third kappa shape index (κ3) is 4.12. The number of ketones is 1. The van der Waals surface area contributed by atoms with Crippen molar-refractivity contribution in [2.45, 2.75) is 13.0 Å². The van der Waals surface area contributed by atoms with Crippen molar-refractivity contribution in [2.75, 3.05) is 26.2 Å². The molecule has 1 amide bonds. The summed E-state index contributed by atoms with van der Waals surface area (Å²) in [4.78, 5) is 32.7. The highest BCUT2D eigenvalue weighted by atomic mass is 32.1. The van der Waals surface area contributed by atoms with E-state index in [9.17, 15) is 19.1 Å². The molecule has 0 bridgehead atoms. The van der Waals surface area contributed by atoms with Gasteiger partial charge in [0.1, 0.15) is 11.6 Å². The molecule has 1 fully saturated rings. The zero-order valence-electron chi connectivity index (χ0n) is 20.9. The number of carbonyl (C=O) groups is 2. The van der Waals surface area contributed by atoms with Gasteiger partial charge in [0, 0.05) is 5.56 Å². The first kappa shape index (κ1) is 25.2. The van der Waals surface area contributed by atoms with E-state index in [1.54, 1.807) is 36.4 Å². The number of fused-ring (bicyclic) bond motifs is 1. The average Bonchev–Trinajstić information content (AvgIpc) is 3.45. The van der Waals surface area contributed by atoms with Crippen LogP contribution in [0.25, 0.3) is 16.0 Å². The van der Waals surface area contributed by atoms with Crippen molar-refractivity contribution in [3.8, 4) is 17.2 Å². The van der Waals surface area contributed by atoms with Crippen LogP contribution in [0.15, 0.2) is 60.2 Å². The van der Waals surface area contributed by atoms with Crippen LogP contribution < -0.4 is 19.1 Å². The van der Waals surface area contributed by atoms with Gasteiger partial charge in [-0.3, -0.25) is 14.5 Å². The van der Waals surface area contributed by atoms with E-state index in [4.69, 9.17) is 14.2 Å². The van der Waals surface area contributed by atoms with Crippen LogP contribution in [-0.4, -0.2) is 43.1 Å². The maximum absolute atomic E-state index is 13.9. The van der Waals surface area contributed by atoms with Gasteiger partial charge in [-0.25, -0.2) is 9.37 Å². The van der Waals surface area contributed by atoms with Gasteiger partial charge in [0.15, 0.2) is 16.6 Å². The molecule has 3 aromatic carbocycles. The summed E-state index contributed by atoms with van der Waals surface area (Å²) in [7, 11) is 4.36. The highest BCUT2D eigenvalue weighted by Gasteiger charge is 2.48. The van der Waals surface area contributed by atoms with Crippen molar-refractivity contribution in [2.24, 2.45) is 0 Å². The monoisotopic (exact) mass is 534 g/mol. The third-order valence-corrected chi connectivity index (χ3v) is 7.33. The van der Waals surface area contributed by atoms with E-state index in [0.717, 1.165) is 16.9 Å². The van der Waals surface area contributed by atoms with Crippen molar-refractivity contribution in [3.05, 3.63) is 82.7 Å². The molecule has 1 unspecified atom stereocenters. The fraction of sp³-hybridized carbons (Fsp3) is 0.179. The van der Waals surface area contributed by atoms with Crippen LogP contribution in [0.2, 0.25) is 0 Å². The van der Waals surface area contributed by atoms with Gasteiger partial charge in [-0.15, -0.1) is 0 Å². The number of anilines is 1. The number of amides is 1. The summed E-state index contributed by atoms with van der Waals surface area (Å²) in [6.45, 7) is 1.90. The summed E-state index contributed by atoms with van der Waals surface area (Å²) in [6.07, 6.45) is 0. The molecular weight excluding hydrogens is 511 g/mol. The molecule has 1 aliphatic heterocycles. The number of thiazole rings is 1. The molecule has 1 saturated heterocycles. The number of aliphatic hydroxyl groups excluding tert-OH is 1. The molecule has 38 heavy (non-hydrogen) atoms. The maximum Gasteiger partial charge on any atom is 0.301 e. The molecule has 0 aliphatic carbocycles. The standard InChI is InChI=1S/C28H23FN2O6S/c1-14-5-7-15(8-6-14)24(32)22-23(16-11-19(35-2)26(37-4)20(12-16)36-3)31(27(34)25(22)33)28-30-18-10-9-17(29)13-21(18)38-28/h5-13,23,32H,1-4H3. The quantitative estimate of drug-likeness (QED) is 0.201. The number of hydrogen-bond acceptors (Lipinski definition) is 8. The number of aromatic nitrogens is 1. The van der Waals surface area contributed by atoms with Crippen LogP contribution in [-0.2, 0) is 9.59 Å². The molecule has 1 atom stereocenters. The molecule has 0 spiro atoms. The first-order valence-electron chi connectivity index (χ1n) is 11.5. The van der Waals surface area contributed by atoms with Crippen molar-refractivity contribution in [3.63, 3.8) is 0 Å². The summed E-state index contributed by atoms with van der Waals surface area (Å²) in [5.41, 5.74) is 2.09. The van der Waals surface area contributed by atoms with E-state index >= 15 is 0 Å². The fourth-order valence-corrected chi connectivity index (χ4v) is 5.48. The number of aryl methyl sites for hydroxylation is 1. The van der Waals surface area contributed by atoms with Gasteiger partial charge in [-0.05, 0) is 42.8 Å². The number of ether oxygens (including phenoxy) is 3. The van der Waals surface area contributed by atoms with Crippen LogP contribution >= 0.6 is 11.3 Å². The number of methoxy groups -OCH3 is 3. The molecule has 194 valence electrons. The van der Waals surface area contributed by atoms with Crippen molar-refractivity contribution < 1.29 is 33.3 Å². The van der Waals surface area contributed by atoms with Gasteiger partial charge in [0.25, 0.3) is 5.78 Å². The largest absolute Gasteiger partial charge is 0.507 e. The van der Waals surface area contributed by atoms with Gasteiger partial charge in [-0.2, -0.15) is 0 Å². The Hall–Kier alpha value is -4.44. The number of benzene rings is 3. The van der Waals surface area contributed by atoms with Crippen molar-refractivity contribution >= 4 is 44.1 Å². The van der Waals surface area contributed by atoms with Crippen LogP contribution in [0, 0.1) is 12.7 Å². The lowest BCUT2D eigenvalue weighted by Crippen LogP contribution is -2.29. The Balaban J connectivity index is 1.78. The van der Waals surface area contributed by atoms with Crippen LogP contribution in [0.5, 0.6) is 17.2 Å². The minimum absolute atomic E-state index is 0.126. The zero-order valence-corrected chi connectivity index (χ0v) is 21.8. The Bertz CT molecular complexity index is 1590. The molecule has 0 saturated carbocycles. The number of carbonyl (C=O) groups excluding carboxylic acids is 2. The molecule has 4 aromatic rings. The lowest BCUT2D eigenvalue weighted by atomic mass is 9.94. The molecular formula is C28H23FN2O6S. The summed E-state index contributed by atoms with van der Waals surface area (Å²) in [6, 6.07) is 13.2. The number of aliphatic hydroxyl groups is 1. The van der Waals surface area contributed by atoms with Crippen LogP contribution in [0.3, 0.4) is 0 Å². The Kier molecular flexibility index (Phi) is 6.50. The van der Waals surface area contributed by atoms with E-state index in [0.29, 0.717) is 38.6 Å². The average molecular weight is 535 g/mol. The topological polar surface area (TPSA) is 98.2 Å². The lowest BCUT2D eigenvalue weighted by Gasteiger charge is -2.24. The van der Waals surface area contributed by atoms with Gasteiger partial charge >= 0.3 is 5.91 Å². The Morgan fingerprint density at radius 2 is 1.63 bits per heavy atom. The predicted molar refractivity (Wildman–Crippen MR) is 142 cm³/mol. The second-order valence-corrected chi connectivity index (χ2v) is 9.61. The number of hydrogen-bond donors (Lipinski definition) is 1. The SMILES string of the molecule is COc1cc(C2C(=C(O)c3ccc(C)cc3)C(=O)C(=O)N2c2nc3ccc(F)cc3s2)cc(OC)c1OC. The fourth-order valence-electron chi connectivity index (χ4n) is 4.46. The summed E-state index contributed by atoms with van der Waals surface area (Å²) >= 11 is 1.06. The molecule has 1 N–H and O–H groups in total. The summed E-state index contributed by atoms with van der Waals surface area (Å²) in [5, 5.41) is 11.5. The van der Waals surface area contributed by atoms with E-state index in [-0.39, 0.29) is 16.5 Å². The predicted octanol–water partition coefficient (Wildman–Crippen LogP) is 5.40. The second-order valence-electron chi connectivity index (χ2n) is 8.60. The Morgan fingerprint density at radius 1 is 0.974 bits per heavy atom. The number of halogens is 1. The lowest BCUT2D eigenvalue weighted by molar-refractivity contribution is -0.132. The minimum Gasteiger partial charge on any atom is -0.507 e. The molecule has 1 aliphatic rings. The summed E-state index contributed by atoms with van der Waals surface area (Å²) in [5.74, 6) is -1.62. The zero-order chi connectivity index (χ0) is 27.1. The molecule has 1 aromatic heterocycles. The molecule has 5 rings (SSSR count). The molecule has 10 heteroatoms.